The van der Waals surface area contributed by atoms with Gasteiger partial charge in [-0.15, -0.1) is 0 Å². The summed E-state index contributed by atoms with van der Waals surface area (Å²) in [7, 11) is 2.78. The zero-order valence-electron chi connectivity index (χ0n) is 18.8. The van der Waals surface area contributed by atoms with Crippen LogP contribution in [-0.2, 0) is 11.3 Å². The second-order valence-corrected chi connectivity index (χ2v) is 7.34. The van der Waals surface area contributed by atoms with Crippen LogP contribution in [0.5, 0.6) is 17.2 Å². The summed E-state index contributed by atoms with van der Waals surface area (Å²) in [6.45, 7) is 3.01. The predicted molar refractivity (Wildman–Crippen MR) is 122 cm³/mol. The van der Waals surface area contributed by atoms with Gasteiger partial charge in [0, 0.05) is 24.7 Å². The third-order valence-corrected chi connectivity index (χ3v) is 4.98. The Labute approximate surface area is 192 Å². The van der Waals surface area contributed by atoms with E-state index in [9.17, 15) is 14.0 Å². The lowest BCUT2D eigenvalue weighted by Gasteiger charge is -2.22. The summed E-state index contributed by atoms with van der Waals surface area (Å²) >= 11 is 0. The fourth-order valence-electron chi connectivity index (χ4n) is 3.31. The summed E-state index contributed by atoms with van der Waals surface area (Å²) in [5.74, 6) is 0.222. The molecule has 0 radical (unpaired) electrons. The molecular formula is C26H26FNO5. The summed E-state index contributed by atoms with van der Waals surface area (Å²) < 4.78 is 29.0. The largest absolute Gasteiger partial charge is 0.493 e. The topological polar surface area (TPSA) is 65.1 Å². The first-order valence-electron chi connectivity index (χ1n) is 10.5. The van der Waals surface area contributed by atoms with Crippen molar-refractivity contribution in [3.63, 3.8) is 0 Å². The number of esters is 1. The van der Waals surface area contributed by atoms with Crippen molar-refractivity contribution in [2.45, 2.75) is 19.9 Å². The van der Waals surface area contributed by atoms with E-state index in [0.717, 1.165) is 12.0 Å². The van der Waals surface area contributed by atoms with Gasteiger partial charge in [0.05, 0.1) is 19.8 Å². The number of halogens is 1. The minimum Gasteiger partial charge on any atom is -0.493 e. The standard InChI is InChI=1S/C26H26FNO5/c1-4-15-28(17-18-5-7-20(8-6-18)26(30)32-3)25(29)19-9-12-22(13-10-19)33-23-14-11-21(27)16-24(23)31-2/h5-14,16H,4,15,17H2,1-3H3. The fraction of sp³-hybridized carbons (Fsp3) is 0.231. The van der Waals surface area contributed by atoms with E-state index in [4.69, 9.17) is 14.2 Å². The maximum atomic E-state index is 13.4. The molecule has 0 aliphatic heterocycles. The molecule has 0 saturated carbocycles. The zero-order valence-corrected chi connectivity index (χ0v) is 18.8. The van der Waals surface area contributed by atoms with E-state index in [1.54, 1.807) is 41.3 Å². The molecule has 6 nitrogen and oxygen atoms in total. The normalized spacial score (nSPS) is 10.4. The highest BCUT2D eigenvalue weighted by Crippen LogP contribution is 2.32. The summed E-state index contributed by atoms with van der Waals surface area (Å²) in [5, 5.41) is 0. The highest BCUT2D eigenvalue weighted by atomic mass is 19.1. The van der Waals surface area contributed by atoms with Crippen molar-refractivity contribution in [2.24, 2.45) is 0 Å². The molecule has 0 spiro atoms. The maximum absolute atomic E-state index is 13.4. The van der Waals surface area contributed by atoms with E-state index in [-0.39, 0.29) is 11.7 Å². The molecule has 3 aromatic carbocycles. The van der Waals surface area contributed by atoms with Gasteiger partial charge in [-0.25, -0.2) is 9.18 Å². The number of methoxy groups -OCH3 is 2. The van der Waals surface area contributed by atoms with Gasteiger partial charge in [0.1, 0.15) is 11.6 Å². The molecule has 33 heavy (non-hydrogen) atoms. The maximum Gasteiger partial charge on any atom is 0.337 e. The molecule has 0 unspecified atom stereocenters. The van der Waals surface area contributed by atoms with Crippen molar-refractivity contribution in [1.82, 2.24) is 4.90 Å². The first-order chi connectivity index (χ1) is 15.9. The number of benzene rings is 3. The van der Waals surface area contributed by atoms with Gasteiger partial charge >= 0.3 is 5.97 Å². The second kappa shape index (κ2) is 11.1. The number of ether oxygens (including phenoxy) is 3. The number of amides is 1. The Balaban J connectivity index is 1.71. The van der Waals surface area contributed by atoms with Gasteiger partial charge in [0.2, 0.25) is 0 Å². The zero-order chi connectivity index (χ0) is 23.8. The van der Waals surface area contributed by atoms with Crippen LogP contribution in [0.1, 0.15) is 39.6 Å². The van der Waals surface area contributed by atoms with Gasteiger partial charge in [-0.3, -0.25) is 4.79 Å². The van der Waals surface area contributed by atoms with E-state index < -0.39 is 11.8 Å². The second-order valence-electron chi connectivity index (χ2n) is 7.34. The van der Waals surface area contributed by atoms with Gasteiger partial charge in [0.25, 0.3) is 5.91 Å². The SMILES string of the molecule is CCCN(Cc1ccc(C(=O)OC)cc1)C(=O)c1ccc(Oc2ccc(F)cc2OC)cc1. The molecule has 3 aromatic rings. The molecule has 0 aliphatic carbocycles. The minimum absolute atomic E-state index is 0.111. The monoisotopic (exact) mass is 451 g/mol. The molecule has 0 N–H and O–H groups in total. The molecule has 1 amide bonds. The number of nitrogens with zero attached hydrogens (tertiary/aromatic N) is 1. The van der Waals surface area contributed by atoms with Crippen molar-refractivity contribution in [1.29, 1.82) is 0 Å². The van der Waals surface area contributed by atoms with Crippen LogP contribution < -0.4 is 9.47 Å². The summed E-state index contributed by atoms with van der Waals surface area (Å²) in [4.78, 5) is 26.5. The lowest BCUT2D eigenvalue weighted by molar-refractivity contribution is 0.0600. The average molecular weight is 451 g/mol. The minimum atomic E-state index is -0.420. The first-order valence-corrected chi connectivity index (χ1v) is 10.5. The number of hydrogen-bond acceptors (Lipinski definition) is 5. The summed E-state index contributed by atoms with van der Waals surface area (Å²) in [6, 6.07) is 17.8. The van der Waals surface area contributed by atoms with E-state index in [1.807, 2.05) is 19.1 Å². The van der Waals surface area contributed by atoms with Crippen LogP contribution >= 0.6 is 0 Å². The lowest BCUT2D eigenvalue weighted by Crippen LogP contribution is -2.31. The predicted octanol–water partition coefficient (Wildman–Crippen LogP) is 5.47. The van der Waals surface area contributed by atoms with Crippen molar-refractivity contribution >= 4 is 11.9 Å². The first kappa shape index (κ1) is 23.8. The Bertz CT molecular complexity index is 1100. The van der Waals surface area contributed by atoms with Gasteiger partial charge in [-0.1, -0.05) is 19.1 Å². The summed E-state index contributed by atoms with van der Waals surface area (Å²) in [6.07, 6.45) is 0.803. The Morgan fingerprint density at radius 3 is 2.15 bits per heavy atom. The molecule has 0 saturated heterocycles. The molecular weight excluding hydrogens is 425 g/mol. The molecule has 0 aliphatic rings. The van der Waals surface area contributed by atoms with Crippen molar-refractivity contribution in [3.05, 3.63) is 89.2 Å². The molecule has 172 valence electrons. The van der Waals surface area contributed by atoms with Crippen LogP contribution in [0.4, 0.5) is 4.39 Å². The average Bonchev–Trinajstić information content (AvgIpc) is 2.84. The summed E-state index contributed by atoms with van der Waals surface area (Å²) in [5.41, 5.74) is 1.89. The van der Waals surface area contributed by atoms with Crippen LogP contribution in [-0.4, -0.2) is 37.5 Å². The van der Waals surface area contributed by atoms with Gasteiger partial charge in [-0.2, -0.15) is 0 Å². The molecule has 0 heterocycles. The van der Waals surface area contributed by atoms with Crippen LogP contribution in [0, 0.1) is 5.82 Å². The molecule has 0 aromatic heterocycles. The number of carbonyl (C=O) groups excluding carboxylic acids is 2. The number of hydrogen-bond donors (Lipinski definition) is 0. The number of rotatable bonds is 9. The van der Waals surface area contributed by atoms with E-state index in [2.05, 4.69) is 0 Å². The molecule has 0 atom stereocenters. The van der Waals surface area contributed by atoms with Crippen LogP contribution in [0.3, 0.4) is 0 Å². The quantitative estimate of drug-likeness (QED) is 0.404. The molecule has 0 fully saturated rings. The fourth-order valence-corrected chi connectivity index (χ4v) is 3.31. The Hall–Kier alpha value is -3.87. The Morgan fingerprint density at radius 1 is 0.879 bits per heavy atom. The molecule has 7 heteroatoms. The van der Waals surface area contributed by atoms with E-state index in [0.29, 0.717) is 35.7 Å². The third kappa shape index (κ3) is 6.10. The van der Waals surface area contributed by atoms with E-state index in [1.165, 1.54) is 32.4 Å². The van der Waals surface area contributed by atoms with Gasteiger partial charge in [0.15, 0.2) is 11.5 Å². The number of carbonyl (C=O) groups is 2. The van der Waals surface area contributed by atoms with Gasteiger partial charge in [-0.05, 0) is 60.5 Å². The lowest BCUT2D eigenvalue weighted by atomic mass is 10.1. The molecule has 3 rings (SSSR count). The van der Waals surface area contributed by atoms with Crippen LogP contribution in [0.25, 0.3) is 0 Å². The highest BCUT2D eigenvalue weighted by Gasteiger charge is 2.16. The van der Waals surface area contributed by atoms with Crippen LogP contribution in [0.2, 0.25) is 0 Å². The van der Waals surface area contributed by atoms with Crippen molar-refractivity contribution in [3.8, 4) is 17.2 Å². The Kier molecular flexibility index (Phi) is 8.02. The molecule has 0 bridgehead atoms. The third-order valence-electron chi connectivity index (χ3n) is 4.98. The van der Waals surface area contributed by atoms with Crippen molar-refractivity contribution in [2.75, 3.05) is 20.8 Å². The van der Waals surface area contributed by atoms with Crippen LogP contribution in [0.15, 0.2) is 66.7 Å². The smallest absolute Gasteiger partial charge is 0.337 e. The Morgan fingerprint density at radius 2 is 1.55 bits per heavy atom. The van der Waals surface area contributed by atoms with Crippen molar-refractivity contribution < 1.29 is 28.2 Å². The highest BCUT2D eigenvalue weighted by molar-refractivity contribution is 5.94. The van der Waals surface area contributed by atoms with Gasteiger partial charge < -0.3 is 19.1 Å². The van der Waals surface area contributed by atoms with E-state index >= 15 is 0 Å².